The molecule has 0 aromatic carbocycles. The Morgan fingerprint density at radius 1 is 1.55 bits per heavy atom. The minimum atomic E-state index is 0.331. The molecule has 0 aliphatic heterocycles. The summed E-state index contributed by atoms with van der Waals surface area (Å²) in [6, 6.07) is 0.597. The fraction of sp³-hybridized carbons (Fsp3) is 1.00. The summed E-state index contributed by atoms with van der Waals surface area (Å²) >= 11 is 0. The molecule has 66 valence electrons. The van der Waals surface area contributed by atoms with E-state index < -0.39 is 0 Å². The molecule has 0 aromatic heterocycles. The van der Waals surface area contributed by atoms with Gasteiger partial charge in [0.25, 0.3) is 0 Å². The molecule has 0 aromatic rings. The molecule has 2 heteroatoms. The number of rotatable bonds is 6. The van der Waals surface area contributed by atoms with Crippen LogP contribution in [0.2, 0.25) is 0 Å². The first-order valence-electron chi connectivity index (χ1n) is 4.72. The van der Waals surface area contributed by atoms with Gasteiger partial charge in [-0.1, -0.05) is 6.92 Å². The first kappa shape index (κ1) is 9.01. The molecule has 1 aliphatic rings. The van der Waals surface area contributed by atoms with Gasteiger partial charge in [0.05, 0.1) is 0 Å². The predicted octanol–water partition coefficient (Wildman–Crippen LogP) is 1.15. The summed E-state index contributed by atoms with van der Waals surface area (Å²) in [5.41, 5.74) is 0. The molecule has 1 atom stereocenters. The summed E-state index contributed by atoms with van der Waals surface area (Å²) < 4.78 is 0. The van der Waals surface area contributed by atoms with E-state index in [1.165, 1.54) is 19.3 Å². The third kappa shape index (κ3) is 3.21. The minimum absolute atomic E-state index is 0.331. The van der Waals surface area contributed by atoms with E-state index in [0.717, 1.165) is 18.9 Å². The van der Waals surface area contributed by atoms with Crippen LogP contribution in [-0.4, -0.2) is 24.3 Å². The second-order valence-corrected chi connectivity index (χ2v) is 3.41. The highest BCUT2D eigenvalue weighted by Gasteiger charge is 2.29. The Kier molecular flexibility index (Phi) is 3.87. The van der Waals surface area contributed by atoms with Crippen LogP contribution in [0.15, 0.2) is 0 Å². The van der Waals surface area contributed by atoms with Crippen molar-refractivity contribution in [3.05, 3.63) is 0 Å². The third-order valence-electron chi connectivity index (χ3n) is 2.29. The van der Waals surface area contributed by atoms with Gasteiger partial charge in [-0.2, -0.15) is 0 Å². The van der Waals surface area contributed by atoms with Crippen LogP contribution in [0, 0.1) is 5.92 Å². The maximum Gasteiger partial charge on any atom is 0.0445 e. The predicted molar refractivity (Wildman–Crippen MR) is 46.5 cm³/mol. The van der Waals surface area contributed by atoms with Crippen LogP contribution < -0.4 is 5.32 Å². The Bertz CT molecular complexity index is 102. The Hall–Kier alpha value is -0.0800. The van der Waals surface area contributed by atoms with Gasteiger partial charge in [-0.15, -0.1) is 0 Å². The number of aliphatic hydroxyl groups excluding tert-OH is 1. The number of hydrogen-bond donors (Lipinski definition) is 2. The topological polar surface area (TPSA) is 32.3 Å². The Labute approximate surface area is 69.0 Å². The van der Waals surface area contributed by atoms with E-state index in [9.17, 15) is 0 Å². The lowest BCUT2D eigenvalue weighted by Crippen LogP contribution is -2.32. The van der Waals surface area contributed by atoms with Crippen LogP contribution in [0.1, 0.15) is 32.6 Å². The first-order valence-corrected chi connectivity index (χ1v) is 4.72. The zero-order chi connectivity index (χ0) is 8.10. The summed E-state index contributed by atoms with van der Waals surface area (Å²) in [5, 5.41) is 12.2. The molecule has 1 fully saturated rings. The molecule has 0 spiro atoms. The molecule has 1 aliphatic carbocycles. The summed E-state index contributed by atoms with van der Waals surface area (Å²) in [6.07, 6.45) is 4.85. The van der Waals surface area contributed by atoms with Crippen molar-refractivity contribution in [1.82, 2.24) is 5.32 Å². The SMILES string of the molecule is CCCNC(CCO)C1CC1. The summed E-state index contributed by atoms with van der Waals surface area (Å²) in [4.78, 5) is 0. The molecule has 1 rings (SSSR count). The van der Waals surface area contributed by atoms with Gasteiger partial charge in [0.2, 0.25) is 0 Å². The molecule has 0 bridgehead atoms. The van der Waals surface area contributed by atoms with Gasteiger partial charge in [0.1, 0.15) is 0 Å². The van der Waals surface area contributed by atoms with Crippen molar-refractivity contribution in [3.8, 4) is 0 Å². The van der Waals surface area contributed by atoms with Crippen LogP contribution >= 0.6 is 0 Å². The van der Waals surface area contributed by atoms with E-state index in [1.54, 1.807) is 0 Å². The number of aliphatic hydroxyl groups is 1. The van der Waals surface area contributed by atoms with Crippen molar-refractivity contribution in [2.45, 2.75) is 38.6 Å². The second-order valence-electron chi connectivity index (χ2n) is 3.41. The zero-order valence-electron chi connectivity index (χ0n) is 7.34. The maximum absolute atomic E-state index is 8.77. The molecule has 0 amide bonds. The third-order valence-corrected chi connectivity index (χ3v) is 2.29. The quantitative estimate of drug-likeness (QED) is 0.606. The fourth-order valence-electron chi connectivity index (χ4n) is 1.47. The van der Waals surface area contributed by atoms with E-state index in [2.05, 4.69) is 12.2 Å². The van der Waals surface area contributed by atoms with Gasteiger partial charge in [0.15, 0.2) is 0 Å². The first-order chi connectivity index (χ1) is 5.38. The molecule has 11 heavy (non-hydrogen) atoms. The molecular formula is C9H19NO. The monoisotopic (exact) mass is 157 g/mol. The van der Waals surface area contributed by atoms with Gasteiger partial charge >= 0.3 is 0 Å². The van der Waals surface area contributed by atoms with Crippen LogP contribution in [0.25, 0.3) is 0 Å². The van der Waals surface area contributed by atoms with Crippen molar-refractivity contribution in [2.75, 3.05) is 13.2 Å². The van der Waals surface area contributed by atoms with Crippen LogP contribution in [0.5, 0.6) is 0 Å². The Morgan fingerprint density at radius 2 is 2.27 bits per heavy atom. The fourth-order valence-corrected chi connectivity index (χ4v) is 1.47. The highest BCUT2D eigenvalue weighted by Crippen LogP contribution is 2.33. The van der Waals surface area contributed by atoms with Gasteiger partial charge in [-0.25, -0.2) is 0 Å². The molecule has 1 unspecified atom stereocenters. The average Bonchev–Trinajstić information content (AvgIpc) is 2.80. The molecule has 0 radical (unpaired) electrons. The molecule has 0 heterocycles. The summed E-state index contributed by atoms with van der Waals surface area (Å²) in [7, 11) is 0. The van der Waals surface area contributed by atoms with E-state index in [0.29, 0.717) is 12.6 Å². The summed E-state index contributed by atoms with van der Waals surface area (Å²) in [5.74, 6) is 0.869. The lowest BCUT2D eigenvalue weighted by atomic mass is 10.1. The molecular weight excluding hydrogens is 138 g/mol. The van der Waals surface area contributed by atoms with Crippen molar-refractivity contribution in [2.24, 2.45) is 5.92 Å². The second kappa shape index (κ2) is 4.73. The van der Waals surface area contributed by atoms with E-state index in [1.807, 2.05) is 0 Å². The number of hydrogen-bond acceptors (Lipinski definition) is 2. The lowest BCUT2D eigenvalue weighted by Gasteiger charge is -2.15. The van der Waals surface area contributed by atoms with Crippen LogP contribution in [0.4, 0.5) is 0 Å². The van der Waals surface area contributed by atoms with Crippen molar-refractivity contribution >= 4 is 0 Å². The highest BCUT2D eigenvalue weighted by atomic mass is 16.3. The average molecular weight is 157 g/mol. The van der Waals surface area contributed by atoms with E-state index in [4.69, 9.17) is 5.11 Å². The van der Waals surface area contributed by atoms with Gasteiger partial charge < -0.3 is 10.4 Å². The van der Waals surface area contributed by atoms with Crippen LogP contribution in [-0.2, 0) is 0 Å². The Balaban J connectivity index is 2.10. The van der Waals surface area contributed by atoms with Crippen molar-refractivity contribution in [1.29, 1.82) is 0 Å². The highest BCUT2D eigenvalue weighted by molar-refractivity contribution is 4.85. The molecule has 2 nitrogen and oxygen atoms in total. The normalized spacial score (nSPS) is 20.2. The standard InChI is InChI=1S/C9H19NO/c1-2-6-10-9(5-7-11)8-3-4-8/h8-11H,2-7H2,1H3. The zero-order valence-corrected chi connectivity index (χ0v) is 7.34. The summed E-state index contributed by atoms with van der Waals surface area (Å²) in [6.45, 7) is 3.61. The van der Waals surface area contributed by atoms with Gasteiger partial charge in [-0.05, 0) is 38.1 Å². The van der Waals surface area contributed by atoms with Gasteiger partial charge in [0, 0.05) is 12.6 Å². The van der Waals surface area contributed by atoms with Gasteiger partial charge in [-0.3, -0.25) is 0 Å². The Morgan fingerprint density at radius 3 is 2.73 bits per heavy atom. The van der Waals surface area contributed by atoms with E-state index in [-0.39, 0.29) is 0 Å². The molecule has 2 N–H and O–H groups in total. The minimum Gasteiger partial charge on any atom is -0.396 e. The number of nitrogens with one attached hydrogen (secondary N) is 1. The van der Waals surface area contributed by atoms with E-state index >= 15 is 0 Å². The van der Waals surface area contributed by atoms with Crippen LogP contribution in [0.3, 0.4) is 0 Å². The largest absolute Gasteiger partial charge is 0.396 e. The molecule has 0 saturated heterocycles. The maximum atomic E-state index is 8.77. The lowest BCUT2D eigenvalue weighted by molar-refractivity contribution is 0.256. The van der Waals surface area contributed by atoms with Crippen molar-refractivity contribution < 1.29 is 5.11 Å². The molecule has 1 saturated carbocycles. The van der Waals surface area contributed by atoms with Crippen molar-refractivity contribution in [3.63, 3.8) is 0 Å². The smallest absolute Gasteiger partial charge is 0.0445 e.